The Bertz CT molecular complexity index is 847. The molecule has 182 valence electrons. The number of amides is 2. The maximum atomic E-state index is 12.8. The van der Waals surface area contributed by atoms with Crippen molar-refractivity contribution in [2.45, 2.75) is 71.1 Å². The smallest absolute Gasteiger partial charge is 0.408 e. The molecule has 0 saturated carbocycles. The molecule has 9 nitrogen and oxygen atoms in total. The molecule has 0 radical (unpaired) electrons. The zero-order valence-electron chi connectivity index (χ0n) is 20.3. The number of hydrogen-bond donors (Lipinski definition) is 1. The normalized spacial score (nSPS) is 19.5. The summed E-state index contributed by atoms with van der Waals surface area (Å²) in [5.74, 6) is -0.245. The number of likely N-dealkylation sites (tertiary alicyclic amines) is 1. The van der Waals surface area contributed by atoms with Gasteiger partial charge in [-0.15, -0.1) is 0 Å². The predicted octanol–water partition coefficient (Wildman–Crippen LogP) is 3.20. The fourth-order valence-electron chi connectivity index (χ4n) is 3.59. The van der Waals surface area contributed by atoms with Crippen LogP contribution in [0.4, 0.5) is 4.79 Å². The first-order valence-electron chi connectivity index (χ1n) is 11.2. The molecule has 9 heteroatoms. The van der Waals surface area contributed by atoms with Gasteiger partial charge in [0.15, 0.2) is 0 Å². The van der Waals surface area contributed by atoms with Crippen molar-refractivity contribution in [3.63, 3.8) is 0 Å². The van der Waals surface area contributed by atoms with Crippen LogP contribution >= 0.6 is 0 Å². The molecule has 1 saturated heterocycles. The summed E-state index contributed by atoms with van der Waals surface area (Å²) >= 11 is 0. The molecule has 2 heterocycles. The number of methoxy groups -OCH3 is 1. The third-order valence-electron chi connectivity index (χ3n) is 5.14. The number of nitrogens with zero attached hydrogens (tertiary/aromatic N) is 2. The molecule has 2 rings (SSSR count). The van der Waals surface area contributed by atoms with Gasteiger partial charge in [0.25, 0.3) is 0 Å². The number of pyridine rings is 1. The van der Waals surface area contributed by atoms with Crippen LogP contribution in [0.5, 0.6) is 5.88 Å². The molecule has 1 aliphatic heterocycles. The first-order valence-corrected chi connectivity index (χ1v) is 11.2. The lowest BCUT2D eigenvalue weighted by atomic mass is 9.96. The van der Waals surface area contributed by atoms with Gasteiger partial charge in [-0.2, -0.15) is 0 Å². The standard InChI is InChI=1S/C24H35N3O6/c1-7-32-21(28)14-17(18-10-11-20(31-6)25-15-18)9-8-12-27-16(2)13-19(22(27)29)26-23(30)33-24(3,4)5/h8-11,15-17,19H,7,12-14H2,1-6H3,(H,26,30)/t16?,17-,19?/m0/s1. The molecule has 1 aromatic rings. The van der Waals surface area contributed by atoms with Crippen LogP contribution in [0.1, 0.15) is 58.9 Å². The molecule has 0 aromatic carbocycles. The Hall–Kier alpha value is -3.10. The number of ether oxygens (including phenoxy) is 3. The van der Waals surface area contributed by atoms with Crippen molar-refractivity contribution in [3.8, 4) is 5.88 Å². The van der Waals surface area contributed by atoms with E-state index >= 15 is 0 Å². The van der Waals surface area contributed by atoms with Crippen molar-refractivity contribution in [2.24, 2.45) is 0 Å². The topological polar surface area (TPSA) is 107 Å². The second kappa shape index (κ2) is 11.7. The van der Waals surface area contributed by atoms with E-state index in [2.05, 4.69) is 10.3 Å². The third-order valence-corrected chi connectivity index (χ3v) is 5.14. The summed E-state index contributed by atoms with van der Waals surface area (Å²) in [6.45, 7) is 9.68. The molecular weight excluding hydrogens is 426 g/mol. The predicted molar refractivity (Wildman–Crippen MR) is 123 cm³/mol. The summed E-state index contributed by atoms with van der Waals surface area (Å²) in [5, 5.41) is 2.66. The van der Waals surface area contributed by atoms with Gasteiger partial charge in [0.05, 0.1) is 20.1 Å². The number of carbonyl (C=O) groups is 3. The molecule has 0 bridgehead atoms. The maximum absolute atomic E-state index is 12.8. The lowest BCUT2D eigenvalue weighted by Crippen LogP contribution is -2.43. The summed E-state index contributed by atoms with van der Waals surface area (Å²) in [7, 11) is 1.54. The highest BCUT2D eigenvalue weighted by Gasteiger charge is 2.38. The van der Waals surface area contributed by atoms with Crippen molar-refractivity contribution in [2.75, 3.05) is 20.3 Å². The fourth-order valence-corrected chi connectivity index (χ4v) is 3.59. The SMILES string of the molecule is CCOC(=O)C[C@H](C=CCN1C(=O)C(NC(=O)OC(C)(C)C)CC1C)c1ccc(OC)nc1. The molecule has 2 amide bonds. The van der Waals surface area contributed by atoms with Crippen LogP contribution in [0.25, 0.3) is 0 Å². The van der Waals surface area contributed by atoms with Crippen LogP contribution in [0.3, 0.4) is 0 Å². The molecular formula is C24H35N3O6. The van der Waals surface area contributed by atoms with Gasteiger partial charge in [0.1, 0.15) is 11.6 Å². The van der Waals surface area contributed by atoms with Crippen molar-refractivity contribution in [1.82, 2.24) is 15.2 Å². The largest absolute Gasteiger partial charge is 0.481 e. The van der Waals surface area contributed by atoms with Crippen LogP contribution < -0.4 is 10.1 Å². The second-order valence-corrected chi connectivity index (χ2v) is 8.95. The van der Waals surface area contributed by atoms with E-state index in [0.717, 1.165) is 5.56 Å². The minimum absolute atomic E-state index is 0.0479. The van der Waals surface area contributed by atoms with E-state index in [1.807, 2.05) is 25.1 Å². The zero-order chi connectivity index (χ0) is 24.6. The summed E-state index contributed by atoms with van der Waals surface area (Å²) in [6, 6.07) is 2.92. The summed E-state index contributed by atoms with van der Waals surface area (Å²) < 4.78 is 15.5. The average molecular weight is 462 g/mol. The van der Waals surface area contributed by atoms with E-state index in [1.54, 1.807) is 44.9 Å². The van der Waals surface area contributed by atoms with E-state index in [0.29, 0.717) is 25.5 Å². The molecule has 1 fully saturated rings. The zero-order valence-corrected chi connectivity index (χ0v) is 20.3. The van der Waals surface area contributed by atoms with Crippen LogP contribution in [0.15, 0.2) is 30.5 Å². The highest BCUT2D eigenvalue weighted by Crippen LogP contribution is 2.24. The Morgan fingerprint density at radius 2 is 2.06 bits per heavy atom. The van der Waals surface area contributed by atoms with Crippen molar-refractivity contribution >= 4 is 18.0 Å². The van der Waals surface area contributed by atoms with Gasteiger partial charge in [-0.3, -0.25) is 9.59 Å². The summed E-state index contributed by atoms with van der Waals surface area (Å²) in [5.41, 5.74) is 0.203. The van der Waals surface area contributed by atoms with Crippen molar-refractivity contribution in [3.05, 3.63) is 36.0 Å². The fraction of sp³-hybridized carbons (Fsp3) is 0.583. The van der Waals surface area contributed by atoms with Crippen LogP contribution in [-0.4, -0.2) is 65.8 Å². The van der Waals surface area contributed by atoms with E-state index in [4.69, 9.17) is 14.2 Å². The number of aromatic nitrogens is 1. The molecule has 2 unspecified atom stereocenters. The molecule has 1 aromatic heterocycles. The number of carbonyl (C=O) groups excluding carboxylic acids is 3. The number of hydrogen-bond acceptors (Lipinski definition) is 7. The Morgan fingerprint density at radius 3 is 2.64 bits per heavy atom. The van der Waals surface area contributed by atoms with E-state index in [-0.39, 0.29) is 30.3 Å². The van der Waals surface area contributed by atoms with Gasteiger partial charge in [-0.1, -0.05) is 18.2 Å². The van der Waals surface area contributed by atoms with Crippen molar-refractivity contribution < 1.29 is 28.6 Å². The van der Waals surface area contributed by atoms with E-state index in [1.165, 1.54) is 7.11 Å². The molecule has 3 atom stereocenters. The Labute approximate surface area is 195 Å². The van der Waals surface area contributed by atoms with Crippen LogP contribution in [0, 0.1) is 0 Å². The quantitative estimate of drug-likeness (QED) is 0.444. The average Bonchev–Trinajstić information content (AvgIpc) is 2.99. The first-order chi connectivity index (χ1) is 15.5. The Balaban J connectivity index is 2.05. The maximum Gasteiger partial charge on any atom is 0.408 e. The molecule has 1 N–H and O–H groups in total. The number of rotatable bonds is 9. The van der Waals surface area contributed by atoms with Gasteiger partial charge in [-0.25, -0.2) is 9.78 Å². The molecule has 1 aliphatic rings. The Kier molecular flexibility index (Phi) is 9.25. The van der Waals surface area contributed by atoms with E-state index in [9.17, 15) is 14.4 Å². The van der Waals surface area contributed by atoms with E-state index < -0.39 is 17.7 Å². The van der Waals surface area contributed by atoms with Gasteiger partial charge in [-0.05, 0) is 46.6 Å². The number of alkyl carbamates (subject to hydrolysis) is 1. The molecule has 0 aliphatic carbocycles. The second-order valence-electron chi connectivity index (χ2n) is 8.95. The lowest BCUT2D eigenvalue weighted by Gasteiger charge is -2.22. The van der Waals surface area contributed by atoms with Gasteiger partial charge in [0.2, 0.25) is 11.8 Å². The number of esters is 1. The minimum Gasteiger partial charge on any atom is -0.481 e. The van der Waals surface area contributed by atoms with Gasteiger partial charge in [0, 0.05) is 30.8 Å². The Morgan fingerprint density at radius 1 is 1.33 bits per heavy atom. The number of allylic oxidation sites excluding steroid dienone is 1. The number of nitrogens with one attached hydrogen (secondary N) is 1. The summed E-state index contributed by atoms with van der Waals surface area (Å²) in [4.78, 5) is 42.9. The highest BCUT2D eigenvalue weighted by molar-refractivity contribution is 5.88. The first kappa shape index (κ1) is 26.2. The van der Waals surface area contributed by atoms with Crippen LogP contribution in [0.2, 0.25) is 0 Å². The van der Waals surface area contributed by atoms with Crippen LogP contribution in [-0.2, 0) is 19.1 Å². The third kappa shape index (κ3) is 8.07. The summed E-state index contributed by atoms with van der Waals surface area (Å²) in [6.07, 6.45) is 5.46. The monoisotopic (exact) mass is 461 g/mol. The highest BCUT2D eigenvalue weighted by atomic mass is 16.6. The van der Waals surface area contributed by atoms with Gasteiger partial charge < -0.3 is 24.4 Å². The molecule has 33 heavy (non-hydrogen) atoms. The minimum atomic E-state index is -0.635. The van der Waals surface area contributed by atoms with Crippen molar-refractivity contribution in [1.29, 1.82) is 0 Å². The molecule has 0 spiro atoms. The van der Waals surface area contributed by atoms with Gasteiger partial charge >= 0.3 is 12.1 Å². The lowest BCUT2D eigenvalue weighted by molar-refractivity contribution is -0.143.